The van der Waals surface area contributed by atoms with E-state index in [1.165, 1.54) is 5.56 Å². The SMILES string of the molecule is CCOc1ccc([C@@H]2CC(c3cccc(C)c3)=NN2c2nc(-c3ccccc3)c3cc(Cl)ccc3n2)cc1. The molecule has 0 bridgehead atoms. The average molecular weight is 519 g/mol. The first-order valence-corrected chi connectivity index (χ1v) is 13.2. The van der Waals surface area contributed by atoms with Gasteiger partial charge in [-0.25, -0.2) is 15.0 Å². The molecule has 1 aromatic heterocycles. The molecule has 0 saturated carbocycles. The van der Waals surface area contributed by atoms with E-state index in [-0.39, 0.29) is 6.04 Å². The predicted octanol–water partition coefficient (Wildman–Crippen LogP) is 8.01. The quantitative estimate of drug-likeness (QED) is 0.228. The van der Waals surface area contributed by atoms with Gasteiger partial charge in [0.15, 0.2) is 0 Å². The first-order chi connectivity index (χ1) is 18.6. The minimum absolute atomic E-state index is 0.0606. The molecule has 188 valence electrons. The Labute approximate surface area is 227 Å². The lowest BCUT2D eigenvalue weighted by Gasteiger charge is -2.23. The molecule has 2 heterocycles. The smallest absolute Gasteiger partial charge is 0.247 e. The van der Waals surface area contributed by atoms with Gasteiger partial charge >= 0.3 is 0 Å². The fraction of sp³-hybridized carbons (Fsp3) is 0.156. The van der Waals surface area contributed by atoms with Crippen LogP contribution in [-0.2, 0) is 0 Å². The van der Waals surface area contributed by atoms with Gasteiger partial charge in [0.1, 0.15) is 5.75 Å². The summed E-state index contributed by atoms with van der Waals surface area (Å²) in [6, 6.07) is 32.5. The fourth-order valence-corrected chi connectivity index (χ4v) is 5.09. The van der Waals surface area contributed by atoms with E-state index < -0.39 is 0 Å². The zero-order valence-corrected chi connectivity index (χ0v) is 22.1. The van der Waals surface area contributed by atoms with Gasteiger partial charge in [0.25, 0.3) is 0 Å². The van der Waals surface area contributed by atoms with Gasteiger partial charge in [-0.05, 0) is 55.3 Å². The normalized spacial score (nSPS) is 15.1. The Kier molecular flexibility index (Phi) is 6.52. The van der Waals surface area contributed by atoms with Crippen molar-refractivity contribution in [1.29, 1.82) is 0 Å². The van der Waals surface area contributed by atoms with Crippen LogP contribution in [0.15, 0.2) is 102 Å². The van der Waals surface area contributed by atoms with E-state index in [0.717, 1.165) is 51.2 Å². The number of aryl methyl sites for hydroxylation is 1. The van der Waals surface area contributed by atoms with Crippen molar-refractivity contribution >= 4 is 34.2 Å². The summed E-state index contributed by atoms with van der Waals surface area (Å²) in [6.07, 6.45) is 0.736. The van der Waals surface area contributed by atoms with Gasteiger partial charge in [0, 0.05) is 22.4 Å². The van der Waals surface area contributed by atoms with Crippen molar-refractivity contribution in [2.24, 2.45) is 5.10 Å². The second-order valence-corrected chi connectivity index (χ2v) is 9.82. The Morgan fingerprint density at radius 1 is 0.868 bits per heavy atom. The number of hydrogen-bond acceptors (Lipinski definition) is 5. The topological polar surface area (TPSA) is 50.6 Å². The van der Waals surface area contributed by atoms with Crippen molar-refractivity contribution < 1.29 is 4.74 Å². The molecule has 0 fully saturated rings. The summed E-state index contributed by atoms with van der Waals surface area (Å²) in [5, 5.41) is 8.64. The minimum atomic E-state index is -0.0606. The minimum Gasteiger partial charge on any atom is -0.494 e. The fourth-order valence-electron chi connectivity index (χ4n) is 4.91. The molecule has 0 N–H and O–H groups in total. The Hall–Kier alpha value is -4.22. The van der Waals surface area contributed by atoms with Crippen LogP contribution in [0.25, 0.3) is 22.2 Å². The van der Waals surface area contributed by atoms with Crippen LogP contribution in [0.5, 0.6) is 5.75 Å². The highest BCUT2D eigenvalue weighted by atomic mass is 35.5. The van der Waals surface area contributed by atoms with Crippen molar-refractivity contribution in [2.75, 3.05) is 11.6 Å². The van der Waals surface area contributed by atoms with E-state index in [4.69, 9.17) is 31.4 Å². The molecule has 38 heavy (non-hydrogen) atoms. The van der Waals surface area contributed by atoms with Gasteiger partial charge in [-0.15, -0.1) is 0 Å². The van der Waals surface area contributed by atoms with E-state index in [9.17, 15) is 0 Å². The number of hydrazone groups is 1. The monoisotopic (exact) mass is 518 g/mol. The van der Waals surface area contributed by atoms with Crippen LogP contribution in [0.4, 0.5) is 5.95 Å². The summed E-state index contributed by atoms with van der Waals surface area (Å²) < 4.78 is 5.68. The maximum atomic E-state index is 6.39. The zero-order valence-electron chi connectivity index (χ0n) is 21.3. The van der Waals surface area contributed by atoms with Crippen molar-refractivity contribution in [3.8, 4) is 17.0 Å². The molecule has 5 nitrogen and oxygen atoms in total. The maximum Gasteiger partial charge on any atom is 0.247 e. The van der Waals surface area contributed by atoms with Crippen LogP contribution in [0.3, 0.4) is 0 Å². The van der Waals surface area contributed by atoms with Crippen LogP contribution in [-0.4, -0.2) is 22.3 Å². The Morgan fingerprint density at radius 3 is 2.42 bits per heavy atom. The molecule has 0 spiro atoms. The third-order valence-corrected chi connectivity index (χ3v) is 6.97. The zero-order chi connectivity index (χ0) is 26.1. The van der Waals surface area contributed by atoms with E-state index in [0.29, 0.717) is 17.6 Å². The second-order valence-electron chi connectivity index (χ2n) is 9.38. The number of anilines is 1. The number of nitrogens with zero attached hydrogens (tertiary/aromatic N) is 4. The Bertz CT molecular complexity index is 1630. The number of fused-ring (bicyclic) bond motifs is 1. The Balaban J connectivity index is 1.51. The van der Waals surface area contributed by atoms with E-state index in [1.807, 2.05) is 60.5 Å². The summed E-state index contributed by atoms with van der Waals surface area (Å²) >= 11 is 6.39. The number of benzene rings is 4. The van der Waals surface area contributed by atoms with E-state index in [2.05, 4.69) is 55.5 Å². The molecule has 0 unspecified atom stereocenters. The van der Waals surface area contributed by atoms with Crippen molar-refractivity contribution in [1.82, 2.24) is 9.97 Å². The van der Waals surface area contributed by atoms with Gasteiger partial charge in [-0.1, -0.05) is 83.9 Å². The molecule has 5 aromatic rings. The number of rotatable bonds is 6. The van der Waals surface area contributed by atoms with Crippen molar-refractivity contribution in [3.63, 3.8) is 0 Å². The van der Waals surface area contributed by atoms with Gasteiger partial charge in [-0.2, -0.15) is 5.10 Å². The van der Waals surface area contributed by atoms with Crippen LogP contribution >= 0.6 is 11.6 Å². The summed E-state index contributed by atoms with van der Waals surface area (Å²) in [5.74, 6) is 1.41. The van der Waals surface area contributed by atoms with Gasteiger partial charge < -0.3 is 4.74 Å². The first kappa shape index (κ1) is 24.1. The summed E-state index contributed by atoms with van der Waals surface area (Å²) in [5.41, 5.74) is 7.10. The number of aromatic nitrogens is 2. The molecule has 1 atom stereocenters. The highest BCUT2D eigenvalue weighted by Crippen LogP contribution is 2.38. The molecule has 0 amide bonds. The highest BCUT2D eigenvalue weighted by Gasteiger charge is 2.32. The summed E-state index contributed by atoms with van der Waals surface area (Å²) in [6.45, 7) is 4.72. The molecular formula is C32H27ClN4O. The first-order valence-electron chi connectivity index (χ1n) is 12.8. The number of hydrogen-bond donors (Lipinski definition) is 0. The molecule has 1 aliphatic rings. The Morgan fingerprint density at radius 2 is 1.66 bits per heavy atom. The standard InChI is InChI=1S/C32H27ClN4O/c1-3-38-26-15-12-22(13-16-26)30-20-29(24-11-7-8-21(2)18-24)36-37(30)32-34-28-17-14-25(33)19-27(28)31(35-32)23-9-5-4-6-10-23/h4-19,30H,3,20H2,1-2H3/t30-/m0/s1. The lowest BCUT2D eigenvalue weighted by Crippen LogP contribution is -2.21. The van der Waals surface area contributed by atoms with Gasteiger partial charge in [0.2, 0.25) is 5.95 Å². The van der Waals surface area contributed by atoms with Crippen LogP contribution in [0, 0.1) is 6.92 Å². The van der Waals surface area contributed by atoms with Crippen molar-refractivity contribution in [2.45, 2.75) is 26.3 Å². The molecular weight excluding hydrogens is 492 g/mol. The maximum absolute atomic E-state index is 6.39. The largest absolute Gasteiger partial charge is 0.494 e. The highest BCUT2D eigenvalue weighted by molar-refractivity contribution is 6.31. The average Bonchev–Trinajstić information content (AvgIpc) is 3.39. The van der Waals surface area contributed by atoms with Gasteiger partial charge in [-0.3, -0.25) is 0 Å². The molecule has 6 heteroatoms. The van der Waals surface area contributed by atoms with E-state index >= 15 is 0 Å². The summed E-state index contributed by atoms with van der Waals surface area (Å²) in [4.78, 5) is 10.1. The molecule has 0 aliphatic carbocycles. The molecule has 1 aliphatic heterocycles. The van der Waals surface area contributed by atoms with Crippen LogP contribution in [0.2, 0.25) is 5.02 Å². The lowest BCUT2D eigenvalue weighted by molar-refractivity contribution is 0.340. The van der Waals surface area contributed by atoms with Crippen molar-refractivity contribution in [3.05, 3.63) is 119 Å². The number of halogens is 1. The number of ether oxygens (including phenoxy) is 1. The second kappa shape index (κ2) is 10.3. The molecule has 4 aromatic carbocycles. The molecule has 6 rings (SSSR count). The third-order valence-electron chi connectivity index (χ3n) is 6.74. The van der Waals surface area contributed by atoms with Crippen LogP contribution < -0.4 is 9.75 Å². The van der Waals surface area contributed by atoms with Gasteiger partial charge in [0.05, 0.1) is 29.6 Å². The predicted molar refractivity (Wildman–Crippen MR) is 155 cm³/mol. The summed E-state index contributed by atoms with van der Waals surface area (Å²) in [7, 11) is 0. The van der Waals surface area contributed by atoms with Crippen LogP contribution in [0.1, 0.15) is 36.1 Å². The van der Waals surface area contributed by atoms with E-state index in [1.54, 1.807) is 0 Å². The lowest BCUT2D eigenvalue weighted by atomic mass is 9.97. The molecule has 0 radical (unpaired) electrons. The third kappa shape index (κ3) is 4.73. The molecule has 0 saturated heterocycles.